The van der Waals surface area contributed by atoms with Crippen molar-refractivity contribution in [1.82, 2.24) is 0 Å². The second kappa shape index (κ2) is 7.79. The number of ketones is 1. The van der Waals surface area contributed by atoms with Crippen LogP contribution in [0, 0.1) is 0 Å². The van der Waals surface area contributed by atoms with Crippen LogP contribution < -0.4 is 0 Å². The molecule has 130 valence electrons. The molecule has 1 aliphatic rings. The van der Waals surface area contributed by atoms with E-state index in [1.165, 1.54) is 5.56 Å². The van der Waals surface area contributed by atoms with Crippen molar-refractivity contribution >= 4 is 5.78 Å². The molecule has 2 nitrogen and oxygen atoms in total. The number of ether oxygens (including phenoxy) is 1. The number of hydrogen-bond donors (Lipinski definition) is 0. The average molecular weight is 334 g/mol. The molecule has 1 heterocycles. The number of carbonyl (C=O) groups excluding carboxylic acids is 1. The molecular formula is C23H26O2. The van der Waals surface area contributed by atoms with Crippen LogP contribution in [0.2, 0.25) is 0 Å². The number of carbonyl (C=O) groups is 1. The van der Waals surface area contributed by atoms with E-state index in [1.54, 1.807) is 0 Å². The van der Waals surface area contributed by atoms with Crippen LogP contribution in [-0.4, -0.2) is 18.0 Å². The van der Waals surface area contributed by atoms with Crippen LogP contribution >= 0.6 is 0 Å². The summed E-state index contributed by atoms with van der Waals surface area (Å²) in [6.45, 7) is 5.85. The van der Waals surface area contributed by atoms with E-state index in [0.717, 1.165) is 24.8 Å². The van der Waals surface area contributed by atoms with Crippen molar-refractivity contribution in [1.29, 1.82) is 0 Å². The Kier molecular flexibility index (Phi) is 5.50. The van der Waals surface area contributed by atoms with Gasteiger partial charge in [-0.1, -0.05) is 66.7 Å². The molecule has 2 heteroatoms. The highest BCUT2D eigenvalue weighted by Gasteiger charge is 2.47. The highest BCUT2D eigenvalue weighted by molar-refractivity contribution is 5.91. The maximum absolute atomic E-state index is 13.1. The molecule has 0 amide bonds. The molecule has 1 saturated heterocycles. The van der Waals surface area contributed by atoms with Gasteiger partial charge in [0.1, 0.15) is 5.78 Å². The van der Waals surface area contributed by atoms with Gasteiger partial charge < -0.3 is 4.74 Å². The molecule has 0 aromatic heterocycles. The van der Waals surface area contributed by atoms with Gasteiger partial charge in [-0.15, -0.1) is 6.58 Å². The first-order chi connectivity index (χ1) is 12.1. The molecule has 25 heavy (non-hydrogen) atoms. The van der Waals surface area contributed by atoms with E-state index in [-0.39, 0.29) is 18.0 Å². The van der Waals surface area contributed by atoms with Gasteiger partial charge in [0.2, 0.25) is 0 Å². The molecule has 2 aromatic rings. The summed E-state index contributed by atoms with van der Waals surface area (Å²) in [5, 5.41) is 0. The minimum Gasteiger partial charge on any atom is -0.373 e. The first-order valence-corrected chi connectivity index (χ1v) is 9.03. The number of benzene rings is 2. The Morgan fingerprint density at radius 3 is 2.40 bits per heavy atom. The van der Waals surface area contributed by atoms with E-state index in [2.05, 4.69) is 30.8 Å². The van der Waals surface area contributed by atoms with Gasteiger partial charge in [0.25, 0.3) is 0 Å². The topological polar surface area (TPSA) is 26.3 Å². The van der Waals surface area contributed by atoms with Crippen molar-refractivity contribution in [2.24, 2.45) is 0 Å². The zero-order valence-electron chi connectivity index (χ0n) is 14.9. The Hall–Kier alpha value is -2.19. The molecule has 0 unspecified atom stereocenters. The van der Waals surface area contributed by atoms with E-state index in [1.807, 2.05) is 49.4 Å². The zero-order valence-corrected chi connectivity index (χ0v) is 14.9. The highest BCUT2D eigenvalue weighted by atomic mass is 16.5. The van der Waals surface area contributed by atoms with Crippen molar-refractivity contribution in [2.75, 3.05) is 0 Å². The van der Waals surface area contributed by atoms with E-state index >= 15 is 0 Å². The van der Waals surface area contributed by atoms with Crippen molar-refractivity contribution < 1.29 is 9.53 Å². The Morgan fingerprint density at radius 1 is 1.12 bits per heavy atom. The number of hydrogen-bond acceptors (Lipinski definition) is 2. The first kappa shape index (κ1) is 17.6. The quantitative estimate of drug-likeness (QED) is 0.704. The molecule has 1 fully saturated rings. The SMILES string of the molecule is C=CC[C@H]1CC(=O)[C@](C)(c2ccccc2)[C@@H](CCc2ccccc2)O1. The summed E-state index contributed by atoms with van der Waals surface area (Å²) in [7, 11) is 0. The molecule has 2 aromatic carbocycles. The minimum atomic E-state index is -0.590. The predicted molar refractivity (Wildman–Crippen MR) is 102 cm³/mol. The molecule has 0 saturated carbocycles. The second-order valence-corrected chi connectivity index (χ2v) is 6.99. The summed E-state index contributed by atoms with van der Waals surface area (Å²) < 4.78 is 6.40. The van der Waals surface area contributed by atoms with Gasteiger partial charge in [-0.2, -0.15) is 0 Å². The number of aryl methyl sites for hydroxylation is 1. The fraction of sp³-hybridized carbons (Fsp3) is 0.348. The van der Waals surface area contributed by atoms with Crippen LogP contribution in [0.1, 0.15) is 37.3 Å². The van der Waals surface area contributed by atoms with Gasteiger partial charge >= 0.3 is 0 Å². The minimum absolute atomic E-state index is 0.0532. The lowest BCUT2D eigenvalue weighted by Crippen LogP contribution is -2.52. The van der Waals surface area contributed by atoms with Crippen LogP contribution in [0.5, 0.6) is 0 Å². The summed E-state index contributed by atoms with van der Waals surface area (Å²) in [5.41, 5.74) is 1.74. The molecule has 0 radical (unpaired) electrons. The second-order valence-electron chi connectivity index (χ2n) is 6.99. The number of rotatable bonds is 6. The fourth-order valence-electron chi connectivity index (χ4n) is 3.77. The maximum atomic E-state index is 13.1. The molecule has 0 spiro atoms. The van der Waals surface area contributed by atoms with Gasteiger partial charge in [-0.25, -0.2) is 0 Å². The summed E-state index contributed by atoms with van der Waals surface area (Å²) in [4.78, 5) is 13.1. The van der Waals surface area contributed by atoms with Gasteiger partial charge in [-0.05, 0) is 37.3 Å². The largest absolute Gasteiger partial charge is 0.373 e. The summed E-state index contributed by atoms with van der Waals surface area (Å²) in [5.74, 6) is 0.273. The molecule has 0 bridgehead atoms. The normalized spacial score (nSPS) is 26.4. The van der Waals surface area contributed by atoms with Crippen LogP contribution in [0.4, 0.5) is 0 Å². The van der Waals surface area contributed by atoms with Crippen LogP contribution in [0.25, 0.3) is 0 Å². The lowest BCUT2D eigenvalue weighted by Gasteiger charge is -2.43. The maximum Gasteiger partial charge on any atom is 0.148 e. The van der Waals surface area contributed by atoms with Crippen molar-refractivity contribution in [3.05, 3.63) is 84.4 Å². The Morgan fingerprint density at radius 2 is 1.76 bits per heavy atom. The molecule has 3 atom stereocenters. The Bertz CT molecular complexity index is 707. The lowest BCUT2D eigenvalue weighted by atomic mass is 9.69. The number of Topliss-reactive ketones (excluding diaryl/α,β-unsaturated/α-hetero) is 1. The van der Waals surface area contributed by atoms with E-state index in [9.17, 15) is 4.79 Å². The third-order valence-electron chi connectivity index (χ3n) is 5.33. The third kappa shape index (κ3) is 3.74. The average Bonchev–Trinajstić information content (AvgIpc) is 2.65. The molecular weight excluding hydrogens is 308 g/mol. The first-order valence-electron chi connectivity index (χ1n) is 9.03. The lowest BCUT2D eigenvalue weighted by molar-refractivity contribution is -0.150. The summed E-state index contributed by atoms with van der Waals surface area (Å²) in [6.07, 6.45) is 4.58. The van der Waals surface area contributed by atoms with E-state index in [4.69, 9.17) is 4.74 Å². The van der Waals surface area contributed by atoms with Gasteiger partial charge in [0, 0.05) is 6.42 Å². The van der Waals surface area contributed by atoms with Crippen LogP contribution in [-0.2, 0) is 21.4 Å². The summed E-state index contributed by atoms with van der Waals surface area (Å²) in [6, 6.07) is 20.5. The van der Waals surface area contributed by atoms with Gasteiger partial charge in [0.05, 0.1) is 17.6 Å². The monoisotopic (exact) mass is 334 g/mol. The van der Waals surface area contributed by atoms with Crippen LogP contribution in [0.3, 0.4) is 0 Å². The standard InChI is InChI=1S/C23H26O2/c1-3-10-20-17-21(24)23(2,19-13-8-5-9-14-19)22(25-20)16-15-18-11-6-4-7-12-18/h3-9,11-14,20,22H,1,10,15-17H2,2H3/t20-,22+,23-/m0/s1. The molecule has 3 rings (SSSR count). The fourth-order valence-corrected chi connectivity index (χ4v) is 3.77. The van der Waals surface area contributed by atoms with E-state index < -0.39 is 5.41 Å². The smallest absolute Gasteiger partial charge is 0.148 e. The van der Waals surface area contributed by atoms with E-state index in [0.29, 0.717) is 6.42 Å². The highest BCUT2D eigenvalue weighted by Crippen LogP contribution is 2.39. The summed E-state index contributed by atoms with van der Waals surface area (Å²) >= 11 is 0. The van der Waals surface area contributed by atoms with Crippen molar-refractivity contribution in [3.8, 4) is 0 Å². The molecule has 0 aliphatic carbocycles. The molecule has 0 N–H and O–H groups in total. The Balaban J connectivity index is 1.87. The third-order valence-corrected chi connectivity index (χ3v) is 5.33. The predicted octanol–water partition coefficient (Wildman–Crippen LogP) is 4.88. The van der Waals surface area contributed by atoms with Crippen molar-refractivity contribution in [2.45, 2.75) is 50.2 Å². The van der Waals surface area contributed by atoms with Gasteiger partial charge in [-0.3, -0.25) is 4.79 Å². The molecule has 1 aliphatic heterocycles. The van der Waals surface area contributed by atoms with Crippen LogP contribution in [0.15, 0.2) is 73.3 Å². The Labute approximate surface area is 150 Å². The zero-order chi connectivity index (χ0) is 17.7. The van der Waals surface area contributed by atoms with Gasteiger partial charge in [0.15, 0.2) is 0 Å². The van der Waals surface area contributed by atoms with Crippen molar-refractivity contribution in [3.63, 3.8) is 0 Å².